The molecule has 1 saturated heterocycles. The van der Waals surface area contributed by atoms with E-state index in [1.165, 1.54) is 0 Å². The van der Waals surface area contributed by atoms with Gasteiger partial charge in [0.1, 0.15) is 0 Å². The van der Waals surface area contributed by atoms with E-state index in [1.54, 1.807) is 0 Å². The van der Waals surface area contributed by atoms with E-state index in [-0.39, 0.29) is 5.41 Å². The molecule has 0 aliphatic carbocycles. The maximum Gasteiger partial charge on any atom is 0.494 e. The summed E-state index contributed by atoms with van der Waals surface area (Å²) in [6.45, 7) is 4.97. The van der Waals surface area contributed by atoms with Crippen molar-refractivity contribution in [3.8, 4) is 0 Å². The maximum absolute atomic E-state index is 12.9. The molecule has 2 rings (SSSR count). The third-order valence-corrected chi connectivity index (χ3v) is 2.31. The molecule has 0 aromatic carbocycles. The monoisotopic (exact) mass is 227 g/mol. The van der Waals surface area contributed by atoms with Crippen LogP contribution < -0.4 is 5.46 Å². The predicted octanol–water partition coefficient (Wildman–Crippen LogP) is 1.13. The lowest BCUT2D eigenvalue weighted by molar-refractivity contribution is 0.0342. The summed E-state index contributed by atoms with van der Waals surface area (Å²) in [5.74, 6) is -1.74. The van der Waals surface area contributed by atoms with Gasteiger partial charge in [0.05, 0.1) is 0 Å². The minimum atomic E-state index is -0.868. The third kappa shape index (κ3) is 2.57. The number of halogens is 2. The van der Waals surface area contributed by atoms with E-state index in [0.717, 1.165) is 12.1 Å². The molecule has 0 bridgehead atoms. The summed E-state index contributed by atoms with van der Waals surface area (Å²) in [6.07, 6.45) is 0. The Bertz CT molecular complexity index is 370. The van der Waals surface area contributed by atoms with Crippen LogP contribution in [-0.4, -0.2) is 25.3 Å². The molecule has 0 radical (unpaired) electrons. The molecule has 16 heavy (non-hydrogen) atoms. The van der Waals surface area contributed by atoms with Gasteiger partial charge in [0.25, 0.3) is 0 Å². The minimum absolute atomic E-state index is 0.0688. The fourth-order valence-corrected chi connectivity index (χ4v) is 1.50. The van der Waals surface area contributed by atoms with E-state index in [1.807, 2.05) is 13.8 Å². The van der Waals surface area contributed by atoms with E-state index in [2.05, 4.69) is 4.98 Å². The van der Waals surface area contributed by atoms with E-state index in [0.29, 0.717) is 18.7 Å². The van der Waals surface area contributed by atoms with Crippen molar-refractivity contribution in [1.29, 1.82) is 0 Å². The highest BCUT2D eigenvalue weighted by Crippen LogP contribution is 2.21. The Morgan fingerprint density at radius 3 is 2.19 bits per heavy atom. The Kier molecular flexibility index (Phi) is 2.94. The van der Waals surface area contributed by atoms with Gasteiger partial charge in [-0.15, -0.1) is 0 Å². The van der Waals surface area contributed by atoms with Crippen molar-refractivity contribution in [3.63, 3.8) is 0 Å². The molecular weight excluding hydrogens is 215 g/mol. The highest BCUT2D eigenvalue weighted by Gasteiger charge is 2.34. The van der Waals surface area contributed by atoms with Crippen molar-refractivity contribution >= 4 is 12.6 Å². The molecule has 1 aliphatic heterocycles. The van der Waals surface area contributed by atoms with Crippen LogP contribution in [0.1, 0.15) is 13.8 Å². The average molecular weight is 227 g/mol. The Morgan fingerprint density at radius 1 is 1.19 bits per heavy atom. The number of nitrogens with zero attached hydrogens (tertiary/aromatic N) is 1. The van der Waals surface area contributed by atoms with Crippen molar-refractivity contribution in [1.82, 2.24) is 4.98 Å². The van der Waals surface area contributed by atoms with Gasteiger partial charge in [-0.2, -0.15) is 13.8 Å². The Balaban J connectivity index is 2.14. The van der Waals surface area contributed by atoms with Crippen LogP contribution in [0.3, 0.4) is 0 Å². The van der Waals surface area contributed by atoms with E-state index in [9.17, 15) is 8.78 Å². The van der Waals surface area contributed by atoms with Gasteiger partial charge < -0.3 is 9.31 Å². The van der Waals surface area contributed by atoms with Gasteiger partial charge in [-0.05, 0) is 17.6 Å². The van der Waals surface area contributed by atoms with Crippen LogP contribution in [0.15, 0.2) is 12.1 Å². The molecule has 1 fully saturated rings. The lowest BCUT2D eigenvalue weighted by Gasteiger charge is -2.33. The number of pyridine rings is 1. The summed E-state index contributed by atoms with van der Waals surface area (Å²) in [5.41, 5.74) is 0.251. The molecule has 6 heteroatoms. The largest absolute Gasteiger partial charge is 0.494 e. The molecule has 0 saturated carbocycles. The summed E-state index contributed by atoms with van der Waals surface area (Å²) in [6, 6.07) is 2.23. The fraction of sp³-hybridized carbons (Fsp3) is 0.500. The summed E-state index contributed by atoms with van der Waals surface area (Å²) in [7, 11) is -0.708. The quantitative estimate of drug-likeness (QED) is 0.532. The van der Waals surface area contributed by atoms with Crippen molar-refractivity contribution in [2.75, 3.05) is 13.2 Å². The topological polar surface area (TPSA) is 31.4 Å². The lowest BCUT2D eigenvalue weighted by Crippen LogP contribution is -2.47. The minimum Gasteiger partial charge on any atom is -0.407 e. The molecule has 0 N–H and O–H groups in total. The third-order valence-electron chi connectivity index (χ3n) is 2.31. The molecule has 0 amide bonds. The summed E-state index contributed by atoms with van der Waals surface area (Å²) in [4.78, 5) is 3.01. The zero-order chi connectivity index (χ0) is 11.8. The van der Waals surface area contributed by atoms with Crippen molar-refractivity contribution in [2.24, 2.45) is 5.41 Å². The highest BCUT2D eigenvalue weighted by molar-refractivity contribution is 6.61. The first-order valence-electron chi connectivity index (χ1n) is 5.02. The zero-order valence-corrected chi connectivity index (χ0v) is 9.17. The molecule has 0 spiro atoms. The molecule has 2 heterocycles. The van der Waals surface area contributed by atoms with Gasteiger partial charge in [-0.3, -0.25) is 0 Å². The molecule has 0 unspecified atom stereocenters. The average Bonchev–Trinajstić information content (AvgIpc) is 2.15. The summed E-state index contributed by atoms with van der Waals surface area (Å²) >= 11 is 0. The second-order valence-electron chi connectivity index (χ2n) is 4.66. The van der Waals surface area contributed by atoms with Crippen LogP contribution in [0, 0.1) is 17.3 Å². The highest BCUT2D eigenvalue weighted by atomic mass is 19.1. The normalized spacial score (nSPS) is 19.9. The molecule has 0 atom stereocenters. The van der Waals surface area contributed by atoms with Gasteiger partial charge in [0.2, 0.25) is 11.9 Å². The second-order valence-corrected chi connectivity index (χ2v) is 4.66. The first-order valence-corrected chi connectivity index (χ1v) is 5.02. The van der Waals surface area contributed by atoms with E-state index < -0.39 is 19.0 Å². The van der Waals surface area contributed by atoms with Crippen LogP contribution >= 0.6 is 0 Å². The molecule has 1 aromatic rings. The Hall–Kier alpha value is -1.01. The van der Waals surface area contributed by atoms with Crippen LogP contribution in [0.5, 0.6) is 0 Å². The van der Waals surface area contributed by atoms with Gasteiger partial charge in [-0.25, -0.2) is 0 Å². The number of hydrogen-bond acceptors (Lipinski definition) is 3. The van der Waals surface area contributed by atoms with Crippen LogP contribution in [0.4, 0.5) is 8.78 Å². The molecule has 1 aliphatic rings. The van der Waals surface area contributed by atoms with Crippen LogP contribution in [0.25, 0.3) is 0 Å². The smallest absolute Gasteiger partial charge is 0.407 e. The lowest BCUT2D eigenvalue weighted by atomic mass is 9.76. The van der Waals surface area contributed by atoms with E-state index in [4.69, 9.17) is 9.31 Å². The maximum atomic E-state index is 12.9. The molecule has 1 aromatic heterocycles. The van der Waals surface area contributed by atoms with Gasteiger partial charge in [-0.1, -0.05) is 13.8 Å². The summed E-state index contributed by atoms with van der Waals surface area (Å²) in [5, 5.41) is 0. The number of rotatable bonds is 1. The first kappa shape index (κ1) is 11.5. The van der Waals surface area contributed by atoms with Crippen LogP contribution in [0.2, 0.25) is 0 Å². The number of hydrogen-bond donors (Lipinski definition) is 0. The Morgan fingerprint density at radius 2 is 1.69 bits per heavy atom. The molecule has 86 valence electrons. The molecular formula is C10H12BF2NO2. The standard InChI is InChI=1S/C10H12BF2NO2/c1-10(2)5-15-11(16-6-10)7-3-8(12)14-9(13)4-7/h3-4H,5-6H2,1-2H3. The van der Waals surface area contributed by atoms with Crippen LogP contribution in [-0.2, 0) is 9.31 Å². The van der Waals surface area contributed by atoms with Gasteiger partial charge in [0.15, 0.2) is 0 Å². The Labute approximate surface area is 92.9 Å². The first-order chi connectivity index (χ1) is 7.46. The van der Waals surface area contributed by atoms with Gasteiger partial charge in [0, 0.05) is 18.6 Å². The zero-order valence-electron chi connectivity index (χ0n) is 9.17. The van der Waals surface area contributed by atoms with Gasteiger partial charge >= 0.3 is 7.12 Å². The van der Waals surface area contributed by atoms with Crippen molar-refractivity contribution < 1.29 is 18.1 Å². The van der Waals surface area contributed by atoms with Crippen molar-refractivity contribution in [2.45, 2.75) is 13.8 Å². The fourth-order valence-electron chi connectivity index (χ4n) is 1.50. The predicted molar refractivity (Wildman–Crippen MR) is 55.2 cm³/mol. The SMILES string of the molecule is CC1(C)COB(c2cc(F)nc(F)c2)OC1. The van der Waals surface area contributed by atoms with Crippen molar-refractivity contribution in [3.05, 3.63) is 24.0 Å². The van der Waals surface area contributed by atoms with E-state index >= 15 is 0 Å². The summed E-state index contributed by atoms with van der Waals surface area (Å²) < 4.78 is 36.6. The molecule has 3 nitrogen and oxygen atoms in total. The second kappa shape index (κ2) is 4.10. The number of aromatic nitrogens is 1.